The number of nitrogens with zero attached hydrogens (tertiary/aromatic N) is 2. The predicted octanol–water partition coefficient (Wildman–Crippen LogP) is 0.957. The fraction of sp³-hybridized carbons (Fsp3) is 0.600. The van der Waals surface area contributed by atoms with Crippen LogP contribution in [-0.4, -0.2) is 29.2 Å². The van der Waals surface area contributed by atoms with E-state index in [4.69, 9.17) is 10.5 Å². The first-order chi connectivity index (χ1) is 7.17. The Bertz CT molecular complexity index is 329. The Kier molecular flexibility index (Phi) is 2.73. The predicted molar refractivity (Wildman–Crippen MR) is 58.6 cm³/mol. The zero-order valence-electron chi connectivity index (χ0n) is 9.03. The highest BCUT2D eigenvalue weighted by Crippen LogP contribution is 2.25. The van der Waals surface area contributed by atoms with Gasteiger partial charge in [-0.1, -0.05) is 0 Å². The van der Waals surface area contributed by atoms with Crippen molar-refractivity contribution in [3.63, 3.8) is 0 Å². The summed E-state index contributed by atoms with van der Waals surface area (Å²) in [5.74, 6) is 1.12. The maximum Gasteiger partial charge on any atom is 0.222 e. The Balaban J connectivity index is 1.94. The van der Waals surface area contributed by atoms with Crippen molar-refractivity contribution in [2.75, 3.05) is 18.2 Å². The van der Waals surface area contributed by atoms with Crippen molar-refractivity contribution in [2.24, 2.45) is 0 Å². The van der Waals surface area contributed by atoms with Gasteiger partial charge in [0.2, 0.25) is 5.95 Å². The Morgan fingerprint density at radius 2 is 2.20 bits per heavy atom. The van der Waals surface area contributed by atoms with Gasteiger partial charge < -0.3 is 15.8 Å². The van der Waals surface area contributed by atoms with Crippen LogP contribution in [0.1, 0.15) is 18.5 Å². The molecule has 82 valence electrons. The number of aromatic nitrogens is 2. The van der Waals surface area contributed by atoms with E-state index >= 15 is 0 Å². The molecule has 1 saturated carbocycles. The Labute approximate surface area is 89.1 Å². The zero-order chi connectivity index (χ0) is 10.8. The van der Waals surface area contributed by atoms with E-state index in [1.807, 2.05) is 13.0 Å². The molecule has 0 aromatic carbocycles. The molecule has 0 bridgehead atoms. The molecule has 1 heterocycles. The van der Waals surface area contributed by atoms with Crippen molar-refractivity contribution < 1.29 is 4.74 Å². The van der Waals surface area contributed by atoms with E-state index in [-0.39, 0.29) is 0 Å². The smallest absolute Gasteiger partial charge is 0.222 e. The zero-order valence-corrected chi connectivity index (χ0v) is 9.03. The number of anilines is 2. The molecule has 0 amide bonds. The molecule has 15 heavy (non-hydrogen) atoms. The van der Waals surface area contributed by atoms with Crippen LogP contribution >= 0.6 is 0 Å². The minimum Gasteiger partial charge on any atom is -0.381 e. The molecule has 1 aliphatic carbocycles. The lowest BCUT2D eigenvalue weighted by molar-refractivity contribution is 0.0328. The SMILES string of the molecule is COC1CC(Nc2cc(C)nc(N)n2)C1. The average Bonchev–Trinajstić information content (AvgIpc) is 2.08. The van der Waals surface area contributed by atoms with Crippen LogP contribution in [0.2, 0.25) is 0 Å². The van der Waals surface area contributed by atoms with Gasteiger partial charge in [0.15, 0.2) is 0 Å². The molecule has 2 rings (SSSR count). The molecule has 0 atom stereocenters. The van der Waals surface area contributed by atoms with Crippen LogP contribution in [0.3, 0.4) is 0 Å². The quantitative estimate of drug-likeness (QED) is 0.774. The second-order valence-electron chi connectivity index (χ2n) is 3.92. The van der Waals surface area contributed by atoms with Crippen LogP contribution in [0, 0.1) is 6.92 Å². The van der Waals surface area contributed by atoms with Crippen molar-refractivity contribution >= 4 is 11.8 Å². The van der Waals surface area contributed by atoms with Crippen LogP contribution in [0.4, 0.5) is 11.8 Å². The molecule has 3 N–H and O–H groups in total. The maximum absolute atomic E-state index is 5.56. The standard InChI is InChI=1S/C10H16N4O/c1-6-3-9(14-10(11)12-6)13-7-4-8(5-7)15-2/h3,7-8H,4-5H2,1-2H3,(H3,11,12,13,14). The fourth-order valence-electron chi connectivity index (χ4n) is 1.75. The van der Waals surface area contributed by atoms with E-state index in [9.17, 15) is 0 Å². The Hall–Kier alpha value is -1.36. The highest BCUT2D eigenvalue weighted by Gasteiger charge is 2.29. The number of nitrogens with one attached hydrogen (secondary N) is 1. The maximum atomic E-state index is 5.56. The van der Waals surface area contributed by atoms with Gasteiger partial charge in [0.1, 0.15) is 5.82 Å². The second kappa shape index (κ2) is 4.02. The van der Waals surface area contributed by atoms with E-state index in [1.165, 1.54) is 0 Å². The third-order valence-electron chi connectivity index (χ3n) is 2.65. The van der Waals surface area contributed by atoms with Crippen molar-refractivity contribution in [1.82, 2.24) is 9.97 Å². The molecule has 0 saturated heterocycles. The lowest BCUT2D eigenvalue weighted by Gasteiger charge is -2.34. The molecule has 0 radical (unpaired) electrons. The minimum absolute atomic E-state index is 0.320. The largest absolute Gasteiger partial charge is 0.381 e. The van der Waals surface area contributed by atoms with Gasteiger partial charge in [-0.2, -0.15) is 4.98 Å². The molecule has 1 aromatic heterocycles. The third-order valence-corrected chi connectivity index (χ3v) is 2.65. The molecule has 5 nitrogen and oxygen atoms in total. The number of nitrogen functional groups attached to an aromatic ring is 1. The highest BCUT2D eigenvalue weighted by molar-refractivity contribution is 5.41. The van der Waals surface area contributed by atoms with Gasteiger partial charge in [0.25, 0.3) is 0 Å². The van der Waals surface area contributed by atoms with E-state index in [1.54, 1.807) is 7.11 Å². The summed E-state index contributed by atoms with van der Waals surface area (Å²) in [6, 6.07) is 2.35. The number of ether oxygens (including phenoxy) is 1. The molecule has 0 aliphatic heterocycles. The van der Waals surface area contributed by atoms with Gasteiger partial charge in [0.05, 0.1) is 6.10 Å². The lowest BCUT2D eigenvalue weighted by Crippen LogP contribution is -2.40. The van der Waals surface area contributed by atoms with E-state index < -0.39 is 0 Å². The first-order valence-electron chi connectivity index (χ1n) is 5.08. The molecule has 1 aromatic rings. The van der Waals surface area contributed by atoms with Crippen LogP contribution in [0.15, 0.2) is 6.07 Å². The molecule has 0 unspecified atom stereocenters. The number of nitrogens with two attached hydrogens (primary N) is 1. The Morgan fingerprint density at radius 1 is 1.47 bits per heavy atom. The highest BCUT2D eigenvalue weighted by atomic mass is 16.5. The normalized spacial score (nSPS) is 24.7. The molecule has 1 fully saturated rings. The van der Waals surface area contributed by atoms with E-state index in [2.05, 4.69) is 15.3 Å². The fourth-order valence-corrected chi connectivity index (χ4v) is 1.75. The molecule has 1 aliphatic rings. The van der Waals surface area contributed by atoms with Gasteiger partial charge in [-0.05, 0) is 19.8 Å². The van der Waals surface area contributed by atoms with Crippen molar-refractivity contribution in [2.45, 2.75) is 31.9 Å². The molecular weight excluding hydrogens is 192 g/mol. The summed E-state index contributed by atoms with van der Waals surface area (Å²) >= 11 is 0. The summed E-state index contributed by atoms with van der Waals surface area (Å²) in [6.45, 7) is 1.90. The number of hydrogen-bond donors (Lipinski definition) is 2. The summed E-state index contributed by atoms with van der Waals surface area (Å²) in [6.07, 6.45) is 2.45. The monoisotopic (exact) mass is 208 g/mol. The third kappa shape index (κ3) is 2.36. The number of aryl methyl sites for hydroxylation is 1. The van der Waals surface area contributed by atoms with Crippen LogP contribution in [0.25, 0.3) is 0 Å². The van der Waals surface area contributed by atoms with E-state index in [0.29, 0.717) is 18.1 Å². The number of hydrogen-bond acceptors (Lipinski definition) is 5. The molecule has 5 heteroatoms. The van der Waals surface area contributed by atoms with Crippen LogP contribution < -0.4 is 11.1 Å². The summed E-state index contributed by atoms with van der Waals surface area (Å²) in [4.78, 5) is 8.14. The average molecular weight is 208 g/mol. The molecular formula is C10H16N4O. The first-order valence-corrected chi connectivity index (χ1v) is 5.08. The number of rotatable bonds is 3. The van der Waals surface area contributed by atoms with Gasteiger partial charge in [-0.3, -0.25) is 0 Å². The number of methoxy groups -OCH3 is 1. The molecule has 0 spiro atoms. The Morgan fingerprint density at radius 3 is 2.80 bits per heavy atom. The summed E-state index contributed by atoms with van der Waals surface area (Å²) < 4.78 is 5.20. The van der Waals surface area contributed by atoms with Crippen molar-refractivity contribution in [3.8, 4) is 0 Å². The van der Waals surface area contributed by atoms with Crippen molar-refractivity contribution in [3.05, 3.63) is 11.8 Å². The summed E-state index contributed by atoms with van der Waals surface area (Å²) in [5, 5.41) is 3.31. The van der Waals surface area contributed by atoms with Gasteiger partial charge in [0, 0.05) is 24.9 Å². The van der Waals surface area contributed by atoms with Crippen molar-refractivity contribution in [1.29, 1.82) is 0 Å². The summed E-state index contributed by atoms with van der Waals surface area (Å²) in [5.41, 5.74) is 6.44. The van der Waals surface area contributed by atoms with E-state index in [0.717, 1.165) is 24.4 Å². The van der Waals surface area contributed by atoms with Gasteiger partial charge in [-0.25, -0.2) is 4.98 Å². The minimum atomic E-state index is 0.320. The van der Waals surface area contributed by atoms with Crippen LogP contribution in [-0.2, 0) is 4.74 Å². The van der Waals surface area contributed by atoms with Gasteiger partial charge in [-0.15, -0.1) is 0 Å². The lowest BCUT2D eigenvalue weighted by atomic mass is 9.89. The first kappa shape index (κ1) is 10.2. The second-order valence-corrected chi connectivity index (χ2v) is 3.92. The van der Waals surface area contributed by atoms with Gasteiger partial charge >= 0.3 is 0 Å². The summed E-state index contributed by atoms with van der Waals surface area (Å²) in [7, 11) is 1.74. The topological polar surface area (TPSA) is 73.1 Å². The van der Waals surface area contributed by atoms with Crippen LogP contribution in [0.5, 0.6) is 0 Å².